The molecule has 0 heterocycles. The number of para-hydroxylation sites is 2. The molecule has 0 spiro atoms. The van der Waals surface area contributed by atoms with Crippen LogP contribution in [0.5, 0.6) is 11.5 Å². The lowest BCUT2D eigenvalue weighted by atomic mass is 10.3. The summed E-state index contributed by atoms with van der Waals surface area (Å²) in [5.74, 6) is 0.892. The van der Waals surface area contributed by atoms with Crippen LogP contribution < -0.4 is 9.46 Å². The molecule has 0 amide bonds. The van der Waals surface area contributed by atoms with Crippen molar-refractivity contribution in [3.63, 3.8) is 0 Å². The summed E-state index contributed by atoms with van der Waals surface area (Å²) in [4.78, 5) is 1.51. The highest BCUT2D eigenvalue weighted by atomic mass is 35.7. The number of rotatable bonds is 6. The summed E-state index contributed by atoms with van der Waals surface area (Å²) in [7, 11) is 10.2. The van der Waals surface area contributed by atoms with Crippen molar-refractivity contribution in [2.24, 2.45) is 0 Å². The van der Waals surface area contributed by atoms with E-state index in [0.29, 0.717) is 22.1 Å². The Morgan fingerprint density at radius 1 is 1.05 bits per heavy atom. The normalized spacial score (nSPS) is 11.2. The highest BCUT2D eigenvalue weighted by Crippen LogP contribution is 2.40. The highest BCUT2D eigenvalue weighted by molar-refractivity contribution is 8.21. The first-order chi connectivity index (χ1) is 10.4. The van der Waals surface area contributed by atoms with E-state index in [0.717, 1.165) is 33.1 Å². The van der Waals surface area contributed by atoms with Crippen LogP contribution >= 0.6 is 43.3 Å². The third-order valence-electron chi connectivity index (χ3n) is 2.49. The van der Waals surface area contributed by atoms with Gasteiger partial charge in [0.1, 0.15) is 5.75 Å². The van der Waals surface area contributed by atoms with Gasteiger partial charge in [-0.2, -0.15) is 0 Å². The van der Waals surface area contributed by atoms with Crippen LogP contribution in [0.3, 0.4) is 0 Å². The first kappa shape index (κ1) is 17.6. The number of nitrogens with one attached hydrogen (secondary N) is 1. The Morgan fingerprint density at radius 3 is 2.41 bits per heavy atom. The third kappa shape index (κ3) is 4.89. The Bertz CT molecular complexity index is 769. The minimum atomic E-state index is -3.40. The van der Waals surface area contributed by atoms with Gasteiger partial charge in [-0.15, -0.1) is 0 Å². The standard InChI is InChI=1S/C13H11Cl2NO3S3/c1-22(17,18)16-10-4-2-3-5-11(10)19-12-7-6-9(20-14)8-13(12)21-15/h2-8,16H,1H3. The Labute approximate surface area is 146 Å². The molecule has 2 rings (SSSR count). The molecule has 118 valence electrons. The van der Waals surface area contributed by atoms with Crippen LogP contribution in [0.2, 0.25) is 0 Å². The fourth-order valence-electron chi connectivity index (χ4n) is 1.64. The lowest BCUT2D eigenvalue weighted by Crippen LogP contribution is -2.10. The molecule has 22 heavy (non-hydrogen) atoms. The first-order valence-corrected chi connectivity index (χ1v) is 11.1. The lowest BCUT2D eigenvalue weighted by Gasteiger charge is -2.13. The van der Waals surface area contributed by atoms with E-state index in [1.165, 1.54) is 0 Å². The van der Waals surface area contributed by atoms with E-state index in [9.17, 15) is 8.42 Å². The summed E-state index contributed by atoms with van der Waals surface area (Å²) < 4.78 is 31.0. The summed E-state index contributed by atoms with van der Waals surface area (Å²) in [6.07, 6.45) is 1.08. The molecule has 4 nitrogen and oxygen atoms in total. The molecular formula is C13H11Cl2NO3S3. The Kier molecular flexibility index (Phi) is 6.17. The van der Waals surface area contributed by atoms with Gasteiger partial charge in [-0.3, -0.25) is 4.72 Å². The molecule has 0 saturated heterocycles. The molecule has 9 heteroatoms. The fraction of sp³-hybridized carbons (Fsp3) is 0.0769. The summed E-state index contributed by atoms with van der Waals surface area (Å²) in [6.45, 7) is 0. The first-order valence-electron chi connectivity index (χ1n) is 5.89. The minimum Gasteiger partial charge on any atom is -0.454 e. The minimum absolute atomic E-state index is 0.353. The summed E-state index contributed by atoms with van der Waals surface area (Å²) >= 11 is 0. The number of anilines is 1. The summed E-state index contributed by atoms with van der Waals surface area (Å²) in [5.41, 5.74) is 0.353. The zero-order valence-electron chi connectivity index (χ0n) is 11.2. The largest absolute Gasteiger partial charge is 0.454 e. The third-order valence-corrected chi connectivity index (χ3v) is 5.03. The van der Waals surface area contributed by atoms with Crippen LogP contribution in [0.4, 0.5) is 5.69 Å². The van der Waals surface area contributed by atoms with Crippen molar-refractivity contribution in [2.45, 2.75) is 9.79 Å². The molecule has 0 saturated carbocycles. The van der Waals surface area contributed by atoms with Gasteiger partial charge < -0.3 is 4.74 Å². The number of hydrogen-bond donors (Lipinski definition) is 1. The molecule has 2 aromatic carbocycles. The van der Waals surface area contributed by atoms with E-state index in [4.69, 9.17) is 26.1 Å². The molecule has 0 fully saturated rings. The quantitative estimate of drug-likeness (QED) is 0.714. The second kappa shape index (κ2) is 7.70. The number of hydrogen-bond acceptors (Lipinski definition) is 5. The van der Waals surface area contributed by atoms with Crippen molar-refractivity contribution in [1.29, 1.82) is 0 Å². The number of ether oxygens (including phenoxy) is 1. The number of halogens is 2. The number of sulfonamides is 1. The molecule has 0 atom stereocenters. The van der Waals surface area contributed by atoms with E-state index in [2.05, 4.69) is 4.72 Å². The maximum atomic E-state index is 11.4. The molecular weight excluding hydrogens is 385 g/mol. The Hall–Kier alpha value is -0.730. The van der Waals surface area contributed by atoms with Gasteiger partial charge >= 0.3 is 0 Å². The monoisotopic (exact) mass is 395 g/mol. The van der Waals surface area contributed by atoms with Gasteiger partial charge in [-0.1, -0.05) is 12.1 Å². The van der Waals surface area contributed by atoms with E-state index < -0.39 is 10.0 Å². The maximum absolute atomic E-state index is 11.4. The summed E-state index contributed by atoms with van der Waals surface area (Å²) in [6, 6.07) is 12.1. The van der Waals surface area contributed by atoms with E-state index >= 15 is 0 Å². The van der Waals surface area contributed by atoms with Crippen molar-refractivity contribution >= 4 is 59.0 Å². The van der Waals surface area contributed by atoms with E-state index in [1.54, 1.807) is 42.5 Å². The van der Waals surface area contributed by atoms with Gasteiger partial charge in [0.25, 0.3) is 0 Å². The van der Waals surface area contributed by atoms with Gasteiger partial charge in [-0.05, 0) is 73.6 Å². The smallest absolute Gasteiger partial charge is 0.229 e. The van der Waals surface area contributed by atoms with Crippen molar-refractivity contribution in [3.8, 4) is 11.5 Å². The molecule has 0 aromatic heterocycles. The second-order valence-corrected chi connectivity index (χ2v) is 8.13. The van der Waals surface area contributed by atoms with Gasteiger partial charge in [0.05, 0.1) is 16.8 Å². The van der Waals surface area contributed by atoms with E-state index in [1.807, 2.05) is 0 Å². The van der Waals surface area contributed by atoms with Crippen molar-refractivity contribution < 1.29 is 13.2 Å². The lowest BCUT2D eigenvalue weighted by molar-refractivity contribution is 0.472. The highest BCUT2D eigenvalue weighted by Gasteiger charge is 2.12. The second-order valence-electron chi connectivity index (χ2n) is 4.24. The molecule has 0 bridgehead atoms. The van der Waals surface area contributed by atoms with Gasteiger partial charge in [0, 0.05) is 4.90 Å². The fourth-order valence-corrected chi connectivity index (χ4v) is 3.57. The molecule has 0 radical (unpaired) electrons. The Balaban J connectivity index is 2.35. The van der Waals surface area contributed by atoms with Crippen molar-refractivity contribution in [1.82, 2.24) is 0 Å². The summed E-state index contributed by atoms with van der Waals surface area (Å²) in [5, 5.41) is 0. The Morgan fingerprint density at radius 2 is 1.77 bits per heavy atom. The average Bonchev–Trinajstić information content (AvgIpc) is 2.48. The number of benzene rings is 2. The topological polar surface area (TPSA) is 55.4 Å². The van der Waals surface area contributed by atoms with Crippen LogP contribution in [0.15, 0.2) is 52.3 Å². The van der Waals surface area contributed by atoms with Crippen LogP contribution in [-0.2, 0) is 10.0 Å². The molecule has 1 N–H and O–H groups in total. The molecule has 0 aliphatic rings. The van der Waals surface area contributed by atoms with Gasteiger partial charge in [-0.25, -0.2) is 8.42 Å². The van der Waals surface area contributed by atoms with Crippen LogP contribution in [0, 0.1) is 0 Å². The van der Waals surface area contributed by atoms with Crippen LogP contribution in [0.1, 0.15) is 0 Å². The molecule has 2 aromatic rings. The average molecular weight is 396 g/mol. The van der Waals surface area contributed by atoms with Crippen LogP contribution in [-0.4, -0.2) is 14.7 Å². The predicted octanol–water partition coefficient (Wildman–Crippen LogP) is 5.34. The maximum Gasteiger partial charge on any atom is 0.229 e. The van der Waals surface area contributed by atoms with Crippen LogP contribution in [0.25, 0.3) is 0 Å². The van der Waals surface area contributed by atoms with Crippen molar-refractivity contribution in [2.75, 3.05) is 11.0 Å². The van der Waals surface area contributed by atoms with E-state index in [-0.39, 0.29) is 0 Å². The molecule has 0 aliphatic heterocycles. The molecule has 0 unspecified atom stereocenters. The van der Waals surface area contributed by atoms with Gasteiger partial charge in [0.2, 0.25) is 10.0 Å². The zero-order valence-corrected chi connectivity index (χ0v) is 15.2. The predicted molar refractivity (Wildman–Crippen MR) is 94.8 cm³/mol. The van der Waals surface area contributed by atoms with Gasteiger partial charge in [0.15, 0.2) is 5.75 Å². The SMILES string of the molecule is CS(=O)(=O)Nc1ccccc1Oc1ccc(SCl)cc1SCl. The molecule has 0 aliphatic carbocycles. The zero-order chi connectivity index (χ0) is 16.2. The van der Waals surface area contributed by atoms with Crippen molar-refractivity contribution in [3.05, 3.63) is 42.5 Å².